The predicted molar refractivity (Wildman–Crippen MR) is 106 cm³/mol. The van der Waals surface area contributed by atoms with Crippen LogP contribution in [0.15, 0.2) is 12.2 Å². The summed E-state index contributed by atoms with van der Waals surface area (Å²) in [5.41, 5.74) is 0.993. The zero-order valence-corrected chi connectivity index (χ0v) is 17.9. The molecule has 6 aliphatic rings. The number of fused-ring (bicyclic) bond motifs is 6. The lowest BCUT2D eigenvalue weighted by atomic mass is 9.43. The van der Waals surface area contributed by atoms with Crippen molar-refractivity contribution in [1.29, 1.82) is 0 Å². The van der Waals surface area contributed by atoms with Gasteiger partial charge in [-0.1, -0.05) is 26.0 Å². The van der Waals surface area contributed by atoms with E-state index >= 15 is 4.39 Å². The van der Waals surface area contributed by atoms with Crippen molar-refractivity contribution in [2.24, 2.45) is 34.5 Å². The van der Waals surface area contributed by atoms with E-state index in [-0.39, 0.29) is 22.7 Å². The Morgan fingerprint density at radius 3 is 2.34 bits per heavy atom. The molecule has 2 heterocycles. The Morgan fingerprint density at radius 2 is 1.62 bits per heavy atom. The lowest BCUT2D eigenvalue weighted by molar-refractivity contribution is -0.263. The van der Waals surface area contributed by atoms with E-state index in [0.717, 1.165) is 38.5 Å². The molecule has 2 saturated heterocycles. The maximum Gasteiger partial charge on any atom is 0.174 e. The molecule has 29 heavy (non-hydrogen) atoms. The van der Waals surface area contributed by atoms with Crippen LogP contribution in [-0.2, 0) is 18.9 Å². The third-order valence-electron chi connectivity index (χ3n) is 10.1. The number of hydrogen-bond donors (Lipinski definition) is 0. The normalized spacial score (nSPS) is 52.5. The smallest absolute Gasteiger partial charge is 0.174 e. The number of hydrogen-bond acceptors (Lipinski definition) is 4. The van der Waals surface area contributed by atoms with Crippen LogP contribution in [0.4, 0.5) is 4.39 Å². The lowest BCUT2D eigenvalue weighted by Gasteiger charge is -2.63. The number of halogens is 1. The molecule has 4 aliphatic carbocycles. The van der Waals surface area contributed by atoms with Crippen molar-refractivity contribution in [3.8, 4) is 0 Å². The Morgan fingerprint density at radius 1 is 0.931 bits per heavy atom. The van der Waals surface area contributed by atoms with Gasteiger partial charge in [0.2, 0.25) is 0 Å². The van der Waals surface area contributed by atoms with E-state index in [0.29, 0.717) is 44.7 Å². The van der Waals surface area contributed by atoms with Crippen LogP contribution in [0.2, 0.25) is 0 Å². The van der Waals surface area contributed by atoms with Crippen molar-refractivity contribution in [2.45, 2.75) is 76.5 Å². The first-order valence-corrected chi connectivity index (χ1v) is 11.7. The first-order valence-electron chi connectivity index (χ1n) is 11.7. The van der Waals surface area contributed by atoms with Crippen LogP contribution in [0.5, 0.6) is 0 Å². The summed E-state index contributed by atoms with van der Waals surface area (Å²) < 4.78 is 40.6. The van der Waals surface area contributed by atoms with Gasteiger partial charge in [0.15, 0.2) is 11.6 Å². The van der Waals surface area contributed by atoms with Gasteiger partial charge in [-0.15, -0.1) is 0 Å². The molecular weight excluding hydrogens is 371 g/mol. The molecule has 4 nitrogen and oxygen atoms in total. The molecule has 0 bridgehead atoms. The third kappa shape index (κ3) is 2.34. The van der Waals surface area contributed by atoms with Crippen LogP contribution in [0, 0.1) is 34.5 Å². The molecule has 2 aliphatic heterocycles. The molecule has 0 aromatic carbocycles. The third-order valence-corrected chi connectivity index (χ3v) is 10.1. The summed E-state index contributed by atoms with van der Waals surface area (Å²) in [4.78, 5) is 0. The molecule has 0 aromatic heterocycles. The van der Waals surface area contributed by atoms with Gasteiger partial charge in [0.1, 0.15) is 6.17 Å². The van der Waals surface area contributed by atoms with E-state index in [9.17, 15) is 0 Å². The molecule has 0 amide bonds. The van der Waals surface area contributed by atoms with E-state index in [1.165, 1.54) is 5.57 Å². The summed E-state index contributed by atoms with van der Waals surface area (Å²) in [6, 6.07) is 0. The average Bonchev–Trinajstić information content (AvgIpc) is 3.39. The second kappa shape index (κ2) is 6.05. The van der Waals surface area contributed by atoms with Gasteiger partial charge in [-0.3, -0.25) is 0 Å². The molecular formula is C24H35FO4. The molecule has 162 valence electrons. The lowest BCUT2D eigenvalue weighted by Crippen LogP contribution is -2.62. The minimum absolute atomic E-state index is 0.0611. The van der Waals surface area contributed by atoms with E-state index in [1.807, 2.05) is 0 Å². The van der Waals surface area contributed by atoms with Crippen LogP contribution in [0.25, 0.3) is 0 Å². The first kappa shape index (κ1) is 19.2. The molecule has 7 atom stereocenters. The van der Waals surface area contributed by atoms with Gasteiger partial charge < -0.3 is 18.9 Å². The van der Waals surface area contributed by atoms with Gasteiger partial charge in [-0.05, 0) is 54.8 Å². The molecule has 0 radical (unpaired) electrons. The van der Waals surface area contributed by atoms with Gasteiger partial charge >= 0.3 is 0 Å². The van der Waals surface area contributed by atoms with Crippen LogP contribution >= 0.6 is 0 Å². The van der Waals surface area contributed by atoms with Gasteiger partial charge in [0.25, 0.3) is 0 Å². The number of allylic oxidation sites excluding steroid dienone is 1. The molecule has 6 rings (SSSR count). The predicted octanol–water partition coefficient (Wildman–Crippen LogP) is 4.63. The minimum Gasteiger partial charge on any atom is -0.348 e. The summed E-state index contributed by atoms with van der Waals surface area (Å²) in [6.07, 6.45) is 5.33. The van der Waals surface area contributed by atoms with Crippen molar-refractivity contribution in [1.82, 2.24) is 0 Å². The molecule has 5 heteroatoms. The van der Waals surface area contributed by atoms with Crippen molar-refractivity contribution >= 4 is 0 Å². The van der Waals surface area contributed by atoms with Gasteiger partial charge in [-0.25, -0.2) is 4.39 Å². The quantitative estimate of drug-likeness (QED) is 0.550. The highest BCUT2D eigenvalue weighted by atomic mass is 19.1. The number of ether oxygens (including phenoxy) is 4. The van der Waals surface area contributed by atoms with Crippen LogP contribution in [0.1, 0.15) is 58.8 Å². The summed E-state index contributed by atoms with van der Waals surface area (Å²) in [7, 11) is 0. The molecule has 0 N–H and O–H groups in total. The van der Waals surface area contributed by atoms with E-state index < -0.39 is 17.7 Å². The standard InChI is InChI=1S/C24H35FO4/c1-15-12-16-17-4-5-24(28-10-11-29-24)22(17,3)14-19(25)20(16)21(2)6-7-23(13-18(15)21)26-8-9-27-23/h16-20H,1,4-14H2,2-3H3/t16?,17?,18-,19?,20?,21+,22+/m1/s1. The minimum atomic E-state index is -0.816. The Labute approximate surface area is 173 Å². The van der Waals surface area contributed by atoms with E-state index in [2.05, 4.69) is 20.4 Å². The fraction of sp³-hybridized carbons (Fsp3) is 0.917. The van der Waals surface area contributed by atoms with Crippen LogP contribution in [-0.4, -0.2) is 44.2 Å². The highest BCUT2D eigenvalue weighted by Gasteiger charge is 2.70. The molecule has 4 saturated carbocycles. The fourth-order valence-corrected chi connectivity index (χ4v) is 8.87. The highest BCUT2D eigenvalue weighted by Crippen LogP contribution is 2.71. The molecule has 6 fully saturated rings. The second-order valence-corrected chi connectivity index (χ2v) is 11.2. The Balaban J connectivity index is 1.35. The van der Waals surface area contributed by atoms with Crippen LogP contribution < -0.4 is 0 Å². The van der Waals surface area contributed by atoms with Crippen molar-refractivity contribution in [2.75, 3.05) is 26.4 Å². The SMILES string of the molecule is C=C1CC2C3CCC4(OCCO4)[C@@]3(C)CC(F)C2[C@@]2(C)CCC3(C[C@H]12)OCCO3. The summed E-state index contributed by atoms with van der Waals surface area (Å²) in [5, 5.41) is 0. The first-order chi connectivity index (χ1) is 13.8. The maximum absolute atomic E-state index is 16.1. The Hall–Kier alpha value is -0.490. The average molecular weight is 407 g/mol. The topological polar surface area (TPSA) is 36.9 Å². The largest absolute Gasteiger partial charge is 0.348 e. The van der Waals surface area contributed by atoms with Gasteiger partial charge in [0.05, 0.1) is 26.4 Å². The van der Waals surface area contributed by atoms with E-state index in [1.54, 1.807) is 0 Å². The van der Waals surface area contributed by atoms with Gasteiger partial charge in [0, 0.05) is 24.7 Å². The second-order valence-electron chi connectivity index (χ2n) is 11.2. The molecule has 4 unspecified atom stereocenters. The van der Waals surface area contributed by atoms with Crippen molar-refractivity contribution in [3.63, 3.8) is 0 Å². The van der Waals surface area contributed by atoms with E-state index in [4.69, 9.17) is 18.9 Å². The van der Waals surface area contributed by atoms with Crippen molar-refractivity contribution < 1.29 is 23.3 Å². The summed E-state index contributed by atoms with van der Waals surface area (Å²) in [5.74, 6) is 0.150. The van der Waals surface area contributed by atoms with Gasteiger partial charge in [-0.2, -0.15) is 0 Å². The number of alkyl halides is 1. The zero-order valence-electron chi connectivity index (χ0n) is 17.9. The zero-order chi connectivity index (χ0) is 20.1. The Bertz CT molecular complexity index is 712. The summed E-state index contributed by atoms with van der Waals surface area (Å²) >= 11 is 0. The highest BCUT2D eigenvalue weighted by molar-refractivity contribution is 5.23. The fourth-order valence-electron chi connectivity index (χ4n) is 8.87. The summed E-state index contributed by atoms with van der Waals surface area (Å²) in [6.45, 7) is 11.8. The number of rotatable bonds is 0. The Kier molecular flexibility index (Phi) is 4.01. The molecule has 0 aromatic rings. The maximum atomic E-state index is 16.1. The van der Waals surface area contributed by atoms with Crippen molar-refractivity contribution in [3.05, 3.63) is 12.2 Å². The molecule has 2 spiro atoms. The van der Waals surface area contributed by atoms with Crippen LogP contribution in [0.3, 0.4) is 0 Å². The monoisotopic (exact) mass is 406 g/mol.